The van der Waals surface area contributed by atoms with Crippen LogP contribution in [0.2, 0.25) is 0 Å². The first-order valence-corrected chi connectivity index (χ1v) is 16.0. The van der Waals surface area contributed by atoms with Gasteiger partial charge in [0, 0.05) is 31.8 Å². The number of halogens is 1. The van der Waals surface area contributed by atoms with Crippen molar-refractivity contribution in [1.29, 1.82) is 5.26 Å². The number of aromatic nitrogens is 1. The zero-order chi connectivity index (χ0) is 33.8. The highest BCUT2D eigenvalue weighted by molar-refractivity contribution is 7.19. The van der Waals surface area contributed by atoms with Crippen LogP contribution >= 0.6 is 11.3 Å². The molecule has 2 N–H and O–H groups in total. The number of hydrogen-bond acceptors (Lipinski definition) is 7. The smallest absolute Gasteiger partial charge is 0.260 e. The number of rotatable bonds is 13. The van der Waals surface area contributed by atoms with Crippen molar-refractivity contribution < 1.29 is 23.5 Å². The minimum atomic E-state index is -0.563. The molecule has 0 fully saturated rings. The lowest BCUT2D eigenvalue weighted by atomic mass is 9.86. The van der Waals surface area contributed by atoms with E-state index in [-0.39, 0.29) is 34.8 Å². The predicted octanol–water partition coefficient (Wildman–Crippen LogP) is 8.24. The van der Waals surface area contributed by atoms with Crippen molar-refractivity contribution in [3.05, 3.63) is 63.9 Å². The molecule has 0 aliphatic heterocycles. The van der Waals surface area contributed by atoms with Crippen molar-refractivity contribution in [2.24, 2.45) is 17.8 Å². The van der Waals surface area contributed by atoms with Crippen LogP contribution in [0.4, 0.5) is 10.1 Å². The molecule has 4 atom stereocenters. The summed E-state index contributed by atoms with van der Waals surface area (Å²) in [4.78, 5) is 30.6. The number of nitrogens with one attached hydrogen (secondary N) is 2. The topological polar surface area (TPSA) is 113 Å². The summed E-state index contributed by atoms with van der Waals surface area (Å²) in [5.41, 5.74) is 1.60. The van der Waals surface area contributed by atoms with Crippen LogP contribution in [-0.2, 0) is 4.74 Å². The van der Waals surface area contributed by atoms with Gasteiger partial charge in [-0.25, -0.2) is 9.37 Å². The summed E-state index contributed by atoms with van der Waals surface area (Å²) in [7, 11) is 3.23. The highest BCUT2D eigenvalue weighted by atomic mass is 32.1. The lowest BCUT2D eigenvalue weighted by Gasteiger charge is -2.21. The predicted molar refractivity (Wildman–Crippen MR) is 181 cm³/mol. The Labute approximate surface area is 271 Å². The van der Waals surface area contributed by atoms with E-state index in [4.69, 9.17) is 14.7 Å². The van der Waals surface area contributed by atoms with E-state index >= 15 is 0 Å². The second-order valence-electron chi connectivity index (χ2n) is 11.8. The minimum Gasteiger partial charge on any atom is -0.496 e. The third kappa shape index (κ3) is 10.6. The number of fused-ring (bicyclic) bond motifs is 1. The van der Waals surface area contributed by atoms with Gasteiger partial charge in [-0.2, -0.15) is 5.26 Å². The summed E-state index contributed by atoms with van der Waals surface area (Å²) in [6.45, 7) is 18.8. The summed E-state index contributed by atoms with van der Waals surface area (Å²) in [6.07, 6.45) is 2.86. The number of nitriles is 1. The van der Waals surface area contributed by atoms with Gasteiger partial charge in [0.2, 0.25) is 0 Å². The molecule has 244 valence electrons. The molecule has 0 bridgehead atoms. The molecule has 10 heteroatoms. The van der Waals surface area contributed by atoms with Crippen molar-refractivity contribution in [1.82, 2.24) is 10.3 Å². The molecule has 0 aliphatic rings. The van der Waals surface area contributed by atoms with Crippen LogP contribution in [0.3, 0.4) is 0 Å². The van der Waals surface area contributed by atoms with Gasteiger partial charge in [0.05, 0.1) is 39.7 Å². The van der Waals surface area contributed by atoms with Crippen LogP contribution in [0.25, 0.3) is 10.2 Å². The van der Waals surface area contributed by atoms with Crippen molar-refractivity contribution in [2.75, 3.05) is 26.1 Å². The molecule has 3 aromatic rings. The summed E-state index contributed by atoms with van der Waals surface area (Å²) >= 11 is 1.34. The van der Waals surface area contributed by atoms with Crippen LogP contribution in [0.1, 0.15) is 85.2 Å². The van der Waals surface area contributed by atoms with Gasteiger partial charge in [-0.05, 0) is 74.8 Å². The summed E-state index contributed by atoms with van der Waals surface area (Å²) in [6, 6.07) is 7.45. The van der Waals surface area contributed by atoms with Crippen LogP contribution in [0.15, 0.2) is 36.4 Å². The van der Waals surface area contributed by atoms with Gasteiger partial charge < -0.3 is 20.1 Å². The van der Waals surface area contributed by atoms with Crippen molar-refractivity contribution in [3.63, 3.8) is 0 Å². The first-order chi connectivity index (χ1) is 21.3. The maximum atomic E-state index is 14.4. The molecule has 0 spiro atoms. The number of carbonyl (C=O) groups is 2. The van der Waals surface area contributed by atoms with E-state index < -0.39 is 17.6 Å². The first-order valence-electron chi connectivity index (χ1n) is 15.2. The van der Waals surface area contributed by atoms with E-state index in [0.29, 0.717) is 27.5 Å². The third-order valence-electron chi connectivity index (χ3n) is 7.79. The fraction of sp³-hybridized carbons (Fsp3) is 0.486. The average Bonchev–Trinajstić information content (AvgIpc) is 3.37. The Morgan fingerprint density at radius 1 is 1.11 bits per heavy atom. The number of aryl methyl sites for hydroxylation is 2. The Balaban J connectivity index is 0.000000498. The second-order valence-corrected chi connectivity index (χ2v) is 13.0. The second kappa shape index (κ2) is 17.6. The number of thiazole rings is 1. The van der Waals surface area contributed by atoms with Crippen LogP contribution in [-0.4, -0.2) is 43.7 Å². The molecule has 0 saturated heterocycles. The van der Waals surface area contributed by atoms with E-state index in [1.165, 1.54) is 44.3 Å². The van der Waals surface area contributed by atoms with E-state index in [2.05, 4.69) is 49.9 Å². The molecule has 45 heavy (non-hydrogen) atoms. The molecule has 1 aromatic heterocycles. The Kier molecular flexibility index (Phi) is 14.6. The quantitative estimate of drug-likeness (QED) is 0.182. The number of amides is 2. The fourth-order valence-corrected chi connectivity index (χ4v) is 5.97. The molecule has 0 aliphatic carbocycles. The van der Waals surface area contributed by atoms with Gasteiger partial charge in [-0.3, -0.25) is 9.59 Å². The molecular weight excluding hydrogens is 591 g/mol. The maximum absolute atomic E-state index is 14.4. The molecule has 0 radical (unpaired) electrons. The molecule has 3 rings (SSSR count). The van der Waals surface area contributed by atoms with Gasteiger partial charge in [0.1, 0.15) is 17.1 Å². The molecule has 2 amide bonds. The average molecular weight is 639 g/mol. The van der Waals surface area contributed by atoms with Crippen LogP contribution in [0.5, 0.6) is 5.75 Å². The van der Waals surface area contributed by atoms with E-state index in [9.17, 15) is 14.0 Å². The van der Waals surface area contributed by atoms with E-state index in [1.807, 2.05) is 13.0 Å². The standard InChI is InChI=1S/C24H23FN4O3S.C11H24O/c1-12(11-26)8-14(3)27-23(30)16-9-13(2)17(25)10-19(16)29-24(31)21-20(32-5)7-6-18-22(21)33-15(4)28-18;1-6-10(3)11(4)7-9(2)8-12-5/h6-7,9-10,14H,1,8H2,2-5H3,(H,27,30)(H,29,31);9-11H,6-8H2,1-5H3. The molecular formula is C35H47FN4O4S. The number of benzene rings is 2. The Hall–Kier alpha value is -3.81. The number of anilines is 1. The Morgan fingerprint density at radius 3 is 2.40 bits per heavy atom. The number of ether oxygens (including phenoxy) is 2. The highest BCUT2D eigenvalue weighted by Gasteiger charge is 2.23. The summed E-state index contributed by atoms with van der Waals surface area (Å²) < 4.78 is 25.5. The SMILES string of the molecule is C=C(C#N)CC(C)NC(=O)c1cc(C)c(F)cc1NC(=O)c1c(OC)ccc2nc(C)sc12.CCC(C)C(C)CC(C)COC. The summed E-state index contributed by atoms with van der Waals surface area (Å²) in [5.74, 6) is 1.11. The van der Waals surface area contributed by atoms with Crippen LogP contribution < -0.4 is 15.4 Å². The summed E-state index contributed by atoms with van der Waals surface area (Å²) in [5, 5.41) is 15.1. The lowest BCUT2D eigenvalue weighted by molar-refractivity contribution is 0.0941. The minimum absolute atomic E-state index is 0.0206. The molecule has 0 saturated carbocycles. The van der Waals surface area contributed by atoms with Crippen molar-refractivity contribution >= 4 is 39.1 Å². The van der Waals surface area contributed by atoms with Crippen LogP contribution in [0, 0.1) is 48.7 Å². The number of nitrogens with zero attached hydrogens (tertiary/aromatic N) is 2. The zero-order valence-corrected chi connectivity index (χ0v) is 28.8. The van der Waals surface area contributed by atoms with Crippen molar-refractivity contribution in [3.8, 4) is 11.8 Å². The fourth-order valence-electron chi connectivity index (χ4n) is 5.02. The highest BCUT2D eigenvalue weighted by Crippen LogP contribution is 2.33. The Bertz CT molecular complexity index is 1530. The molecule has 4 unspecified atom stereocenters. The maximum Gasteiger partial charge on any atom is 0.260 e. The molecule has 2 aromatic carbocycles. The van der Waals surface area contributed by atoms with E-state index in [0.717, 1.165) is 29.5 Å². The lowest BCUT2D eigenvalue weighted by Crippen LogP contribution is -2.33. The normalized spacial score (nSPS) is 13.4. The third-order valence-corrected chi connectivity index (χ3v) is 8.80. The van der Waals surface area contributed by atoms with Gasteiger partial charge in [0.15, 0.2) is 0 Å². The zero-order valence-electron chi connectivity index (χ0n) is 28.0. The molecule has 8 nitrogen and oxygen atoms in total. The number of hydrogen-bond donors (Lipinski definition) is 2. The van der Waals surface area contributed by atoms with Gasteiger partial charge in [0.25, 0.3) is 11.8 Å². The van der Waals surface area contributed by atoms with Gasteiger partial charge in [-0.1, -0.05) is 40.7 Å². The first kappa shape index (κ1) is 37.4. The number of carbonyl (C=O) groups excluding carboxylic acids is 2. The van der Waals surface area contributed by atoms with Crippen molar-refractivity contribution in [2.45, 2.75) is 73.8 Å². The number of methoxy groups -OCH3 is 2. The van der Waals surface area contributed by atoms with Gasteiger partial charge in [-0.15, -0.1) is 11.3 Å². The van der Waals surface area contributed by atoms with Gasteiger partial charge >= 0.3 is 0 Å². The largest absolute Gasteiger partial charge is 0.496 e. The molecule has 1 heterocycles. The van der Waals surface area contributed by atoms with E-state index in [1.54, 1.807) is 26.2 Å². The Morgan fingerprint density at radius 2 is 1.80 bits per heavy atom. The monoisotopic (exact) mass is 638 g/mol.